The highest BCUT2D eigenvalue weighted by Gasteiger charge is 2.32. The minimum Gasteiger partial charge on any atom is -0.493 e. The number of carbonyl (C=O) groups excluding carboxylic acids is 1. The Morgan fingerprint density at radius 2 is 1.81 bits per heavy atom. The van der Waals surface area contributed by atoms with Crippen molar-refractivity contribution in [1.82, 2.24) is 14.9 Å². The lowest BCUT2D eigenvalue weighted by Gasteiger charge is -2.30. The first-order valence-corrected chi connectivity index (χ1v) is 15.9. The van der Waals surface area contributed by atoms with E-state index in [4.69, 9.17) is 14.5 Å². The van der Waals surface area contributed by atoms with Crippen LogP contribution in [0.1, 0.15) is 105 Å². The van der Waals surface area contributed by atoms with E-state index >= 15 is 0 Å². The van der Waals surface area contributed by atoms with Gasteiger partial charge in [0, 0.05) is 43.7 Å². The minimum absolute atomic E-state index is 0.00831. The number of hydrogen-bond donors (Lipinski definition) is 1. The fourth-order valence-electron chi connectivity index (χ4n) is 5.82. The molecule has 2 heterocycles. The van der Waals surface area contributed by atoms with Gasteiger partial charge in [-0.05, 0) is 68.2 Å². The van der Waals surface area contributed by atoms with E-state index in [0.29, 0.717) is 29.9 Å². The summed E-state index contributed by atoms with van der Waals surface area (Å²) in [4.78, 5) is 35.5. The van der Waals surface area contributed by atoms with E-state index in [0.717, 1.165) is 85.2 Å². The van der Waals surface area contributed by atoms with Crippen LogP contribution in [0.15, 0.2) is 29.1 Å². The van der Waals surface area contributed by atoms with Crippen LogP contribution in [0.5, 0.6) is 11.5 Å². The molecule has 0 unspecified atom stereocenters. The number of methoxy groups -OCH3 is 2. The summed E-state index contributed by atoms with van der Waals surface area (Å²) in [6.45, 7) is 12.7. The molecule has 1 aliphatic carbocycles. The van der Waals surface area contributed by atoms with E-state index in [2.05, 4.69) is 44.0 Å². The van der Waals surface area contributed by atoms with Crippen LogP contribution in [-0.4, -0.2) is 49.3 Å². The first-order chi connectivity index (χ1) is 20.6. The number of nitrogens with zero attached hydrogens (tertiary/aromatic N) is 3. The van der Waals surface area contributed by atoms with Crippen LogP contribution in [-0.2, 0) is 7.05 Å². The number of aromatic nitrogens is 2. The van der Waals surface area contributed by atoms with Gasteiger partial charge in [0.05, 0.1) is 31.1 Å². The number of amides is 1. The second-order valence-corrected chi connectivity index (χ2v) is 12.5. The highest BCUT2D eigenvalue weighted by Crippen LogP contribution is 2.43. The zero-order valence-electron chi connectivity index (χ0n) is 27.4. The molecule has 3 aromatic rings. The van der Waals surface area contributed by atoms with Gasteiger partial charge in [-0.2, -0.15) is 0 Å². The molecule has 0 saturated heterocycles. The Bertz CT molecular complexity index is 1490. The van der Waals surface area contributed by atoms with Crippen molar-refractivity contribution in [3.05, 3.63) is 57.1 Å². The molecule has 2 aromatic heterocycles. The van der Waals surface area contributed by atoms with Crippen molar-refractivity contribution in [3.63, 3.8) is 0 Å². The zero-order valence-corrected chi connectivity index (χ0v) is 27.4. The zero-order chi connectivity index (χ0) is 31.3. The molecule has 1 aromatic carbocycles. The van der Waals surface area contributed by atoms with Crippen LogP contribution in [0.2, 0.25) is 0 Å². The number of pyridine rings is 2. The lowest BCUT2D eigenvalue weighted by Crippen LogP contribution is -2.39. The third-order valence-corrected chi connectivity index (χ3v) is 8.55. The number of unbranched alkanes of at least 4 members (excludes halogenated alkanes) is 2. The van der Waals surface area contributed by atoms with Gasteiger partial charge < -0.3 is 24.3 Å². The van der Waals surface area contributed by atoms with E-state index in [-0.39, 0.29) is 22.9 Å². The number of rotatable bonds is 15. The molecule has 1 N–H and O–H groups in total. The van der Waals surface area contributed by atoms with Crippen molar-refractivity contribution in [1.29, 1.82) is 0 Å². The Morgan fingerprint density at radius 1 is 1.09 bits per heavy atom. The molecule has 1 aliphatic rings. The fraction of sp³-hybridized carbons (Fsp3) is 0.571. The van der Waals surface area contributed by atoms with Crippen LogP contribution in [0.25, 0.3) is 10.9 Å². The number of anilines is 1. The summed E-state index contributed by atoms with van der Waals surface area (Å²) >= 11 is 0. The number of fused-ring (bicyclic) bond motifs is 1. The van der Waals surface area contributed by atoms with Crippen LogP contribution in [0, 0.1) is 12.8 Å². The third-order valence-electron chi connectivity index (χ3n) is 8.55. The molecular formula is C35H50N4O4. The molecule has 0 spiro atoms. The van der Waals surface area contributed by atoms with Gasteiger partial charge >= 0.3 is 0 Å². The summed E-state index contributed by atoms with van der Waals surface area (Å²) in [7, 11) is 5.01. The lowest BCUT2D eigenvalue weighted by atomic mass is 9.99. The second-order valence-electron chi connectivity index (χ2n) is 12.5. The molecule has 8 nitrogen and oxygen atoms in total. The van der Waals surface area contributed by atoms with Crippen LogP contribution in [0.4, 0.5) is 5.69 Å². The Morgan fingerprint density at radius 3 is 2.44 bits per heavy atom. The van der Waals surface area contributed by atoms with E-state index in [1.165, 1.54) is 0 Å². The fourth-order valence-corrected chi connectivity index (χ4v) is 5.82. The SMILES string of the molecule is CCCCCN(CCC(C)C)c1c(C(=O)NC[C@@H](C)c2ccc(OC)c(OC)c2)c(=O)n(C)c2c(C3CC3)nc(C)cc12. The number of aryl methyl sites for hydroxylation is 2. The first kappa shape index (κ1) is 32.4. The van der Waals surface area contributed by atoms with Crippen molar-refractivity contribution >= 4 is 22.5 Å². The normalized spacial score (nSPS) is 13.8. The Balaban J connectivity index is 1.80. The average molecular weight is 591 g/mol. The summed E-state index contributed by atoms with van der Waals surface area (Å²) in [6, 6.07) is 7.86. The Kier molecular flexibility index (Phi) is 10.7. The molecule has 1 fully saturated rings. The van der Waals surface area contributed by atoms with E-state index in [1.807, 2.05) is 25.1 Å². The molecule has 1 atom stereocenters. The van der Waals surface area contributed by atoms with Gasteiger partial charge in [0.2, 0.25) is 0 Å². The monoisotopic (exact) mass is 590 g/mol. The third kappa shape index (κ3) is 7.34. The van der Waals surface area contributed by atoms with Gasteiger partial charge in [-0.25, -0.2) is 0 Å². The van der Waals surface area contributed by atoms with Crippen molar-refractivity contribution in [2.75, 3.05) is 38.8 Å². The molecule has 0 radical (unpaired) electrons. The standard InChI is InChI=1S/C35H50N4O4/c1-9-10-11-17-39(18-16-22(2)3)32-27-19-24(5)37-31(25-12-13-25)33(27)38(6)35(41)30(32)34(40)36-21-23(4)26-14-15-28(42-7)29(20-26)43-8/h14-15,19-20,22-23,25H,9-13,16-18,21H2,1-8H3,(H,36,40)/t23-/m1/s1. The Labute approximate surface area is 256 Å². The molecule has 43 heavy (non-hydrogen) atoms. The summed E-state index contributed by atoms with van der Waals surface area (Å²) in [5.41, 5.74) is 4.51. The van der Waals surface area contributed by atoms with Crippen molar-refractivity contribution in [2.24, 2.45) is 13.0 Å². The van der Waals surface area contributed by atoms with Gasteiger partial charge in [0.1, 0.15) is 5.56 Å². The molecule has 1 amide bonds. The van der Waals surface area contributed by atoms with Gasteiger partial charge in [-0.15, -0.1) is 0 Å². The molecule has 234 valence electrons. The number of carbonyl (C=O) groups is 1. The molecule has 0 bridgehead atoms. The number of ether oxygens (including phenoxy) is 2. The second kappa shape index (κ2) is 14.3. The van der Waals surface area contributed by atoms with E-state index in [9.17, 15) is 9.59 Å². The van der Waals surface area contributed by atoms with Gasteiger partial charge in [-0.1, -0.05) is 46.6 Å². The van der Waals surface area contributed by atoms with Crippen LogP contribution >= 0.6 is 0 Å². The van der Waals surface area contributed by atoms with Crippen molar-refractivity contribution in [3.8, 4) is 11.5 Å². The lowest BCUT2D eigenvalue weighted by molar-refractivity contribution is 0.0950. The van der Waals surface area contributed by atoms with Gasteiger partial charge in [-0.3, -0.25) is 14.6 Å². The largest absolute Gasteiger partial charge is 0.493 e. The first-order valence-electron chi connectivity index (χ1n) is 15.9. The Hall–Kier alpha value is -3.55. The molecule has 1 saturated carbocycles. The maximum absolute atomic E-state index is 14.2. The predicted octanol–water partition coefficient (Wildman–Crippen LogP) is 6.71. The summed E-state index contributed by atoms with van der Waals surface area (Å²) < 4.78 is 12.5. The molecule has 4 rings (SSSR count). The van der Waals surface area contributed by atoms with Gasteiger partial charge in [0.15, 0.2) is 11.5 Å². The molecule has 0 aliphatic heterocycles. The number of benzene rings is 1. The maximum Gasteiger partial charge on any atom is 0.265 e. The summed E-state index contributed by atoms with van der Waals surface area (Å²) in [5, 5.41) is 4.07. The smallest absolute Gasteiger partial charge is 0.265 e. The van der Waals surface area contributed by atoms with Crippen LogP contribution < -0.4 is 25.2 Å². The topological polar surface area (TPSA) is 85.7 Å². The van der Waals surface area contributed by atoms with Crippen molar-refractivity contribution < 1.29 is 14.3 Å². The predicted molar refractivity (Wildman–Crippen MR) is 175 cm³/mol. The van der Waals surface area contributed by atoms with Gasteiger partial charge in [0.25, 0.3) is 11.5 Å². The van der Waals surface area contributed by atoms with E-state index < -0.39 is 0 Å². The highest BCUT2D eigenvalue weighted by atomic mass is 16.5. The highest BCUT2D eigenvalue weighted by molar-refractivity contribution is 6.08. The average Bonchev–Trinajstić information content (AvgIpc) is 3.84. The summed E-state index contributed by atoms with van der Waals surface area (Å²) in [6.07, 6.45) is 6.34. The minimum atomic E-state index is -0.336. The van der Waals surface area contributed by atoms with Crippen LogP contribution in [0.3, 0.4) is 0 Å². The molecule has 8 heteroatoms. The summed E-state index contributed by atoms with van der Waals surface area (Å²) in [5.74, 6) is 1.82. The maximum atomic E-state index is 14.2. The van der Waals surface area contributed by atoms with E-state index in [1.54, 1.807) is 25.8 Å². The quantitative estimate of drug-likeness (QED) is 0.198. The van der Waals surface area contributed by atoms with Crippen molar-refractivity contribution in [2.45, 2.75) is 85.0 Å². The number of hydrogen-bond acceptors (Lipinski definition) is 6. The molecular weight excluding hydrogens is 540 g/mol. The number of nitrogens with one attached hydrogen (secondary N) is 1.